The maximum absolute atomic E-state index is 12.0. The summed E-state index contributed by atoms with van der Waals surface area (Å²) in [6, 6.07) is 5.40. The fourth-order valence-electron chi connectivity index (χ4n) is 2.41. The van der Waals surface area contributed by atoms with Gasteiger partial charge >= 0.3 is 5.97 Å². The molecule has 1 aliphatic carbocycles. The van der Waals surface area contributed by atoms with E-state index in [0.29, 0.717) is 37.2 Å². The Morgan fingerprint density at radius 3 is 2.89 bits per heavy atom. The van der Waals surface area contributed by atoms with Crippen molar-refractivity contribution in [2.24, 2.45) is 5.92 Å². The van der Waals surface area contributed by atoms with Crippen molar-refractivity contribution in [2.45, 2.75) is 26.2 Å². The molecule has 1 unspecified atom stereocenters. The summed E-state index contributed by atoms with van der Waals surface area (Å²) in [7, 11) is 1.59. The van der Waals surface area contributed by atoms with E-state index in [1.165, 1.54) is 0 Å². The highest BCUT2D eigenvalue weighted by molar-refractivity contribution is 5.98. The Labute approximate surface area is 112 Å². The summed E-state index contributed by atoms with van der Waals surface area (Å²) in [4.78, 5) is 23.9. The Balaban J connectivity index is 2.29. The minimum atomic E-state index is -0.239. The zero-order valence-electron chi connectivity index (χ0n) is 11.3. The van der Waals surface area contributed by atoms with Crippen molar-refractivity contribution in [1.29, 1.82) is 0 Å². The molecule has 0 heterocycles. The zero-order valence-corrected chi connectivity index (χ0v) is 11.3. The molecule has 1 aliphatic rings. The van der Waals surface area contributed by atoms with Crippen LogP contribution in [0.3, 0.4) is 0 Å². The number of ketones is 1. The average Bonchev–Trinajstić information content (AvgIpc) is 2.58. The topological polar surface area (TPSA) is 52.6 Å². The molecule has 4 nitrogen and oxygen atoms in total. The lowest BCUT2D eigenvalue weighted by molar-refractivity contribution is -0.148. The van der Waals surface area contributed by atoms with Gasteiger partial charge in [-0.25, -0.2) is 0 Å². The monoisotopic (exact) mass is 262 g/mol. The summed E-state index contributed by atoms with van der Waals surface area (Å²) >= 11 is 0. The number of carbonyl (C=O) groups is 2. The molecule has 0 spiro atoms. The van der Waals surface area contributed by atoms with E-state index in [0.717, 1.165) is 5.56 Å². The highest BCUT2D eigenvalue weighted by Crippen LogP contribution is 2.28. The molecule has 1 aromatic carbocycles. The average molecular weight is 262 g/mol. The Morgan fingerprint density at radius 2 is 2.21 bits per heavy atom. The molecule has 1 aromatic rings. The first-order chi connectivity index (χ1) is 9.15. The van der Waals surface area contributed by atoms with Crippen molar-refractivity contribution in [3.63, 3.8) is 0 Å². The quantitative estimate of drug-likeness (QED) is 0.620. The number of rotatable bonds is 3. The summed E-state index contributed by atoms with van der Waals surface area (Å²) in [6.07, 6.45) is 1.48. The third kappa shape index (κ3) is 2.95. The number of ether oxygens (including phenoxy) is 2. The maximum Gasteiger partial charge on any atom is 0.309 e. The number of hydrogen-bond acceptors (Lipinski definition) is 4. The van der Waals surface area contributed by atoms with Crippen LogP contribution in [-0.4, -0.2) is 25.5 Å². The molecular formula is C15H18O4. The molecule has 0 aromatic heterocycles. The van der Waals surface area contributed by atoms with Crippen molar-refractivity contribution < 1.29 is 19.1 Å². The Hall–Kier alpha value is -1.84. The Bertz CT molecular complexity index is 493. The minimum Gasteiger partial charge on any atom is -0.497 e. The first-order valence-electron chi connectivity index (χ1n) is 6.52. The second kappa shape index (κ2) is 5.87. The SMILES string of the molecule is CCOC(=O)C1CCC(=O)c2ccc(OC)cc2C1. The van der Waals surface area contributed by atoms with E-state index in [2.05, 4.69) is 0 Å². The van der Waals surface area contributed by atoms with E-state index in [9.17, 15) is 9.59 Å². The normalized spacial score (nSPS) is 18.4. The van der Waals surface area contributed by atoms with E-state index in [4.69, 9.17) is 9.47 Å². The van der Waals surface area contributed by atoms with Gasteiger partial charge in [-0.15, -0.1) is 0 Å². The molecule has 0 amide bonds. The van der Waals surface area contributed by atoms with Gasteiger partial charge in [0.15, 0.2) is 5.78 Å². The van der Waals surface area contributed by atoms with Gasteiger partial charge < -0.3 is 9.47 Å². The molecular weight excluding hydrogens is 244 g/mol. The van der Waals surface area contributed by atoms with Crippen LogP contribution in [0.1, 0.15) is 35.7 Å². The number of benzene rings is 1. The third-order valence-electron chi connectivity index (χ3n) is 3.42. The number of carbonyl (C=O) groups excluding carboxylic acids is 2. The lowest BCUT2D eigenvalue weighted by Gasteiger charge is -2.13. The zero-order chi connectivity index (χ0) is 13.8. The highest BCUT2D eigenvalue weighted by atomic mass is 16.5. The number of hydrogen-bond donors (Lipinski definition) is 0. The van der Waals surface area contributed by atoms with Crippen LogP contribution in [0.4, 0.5) is 0 Å². The van der Waals surface area contributed by atoms with Crippen LogP contribution < -0.4 is 4.74 Å². The molecule has 4 heteroatoms. The smallest absolute Gasteiger partial charge is 0.309 e. The van der Waals surface area contributed by atoms with Gasteiger partial charge in [-0.2, -0.15) is 0 Å². The van der Waals surface area contributed by atoms with Gasteiger partial charge in [-0.3, -0.25) is 9.59 Å². The minimum absolute atomic E-state index is 0.0875. The van der Waals surface area contributed by atoms with E-state index in [1.54, 1.807) is 26.2 Å². The van der Waals surface area contributed by atoms with Gasteiger partial charge in [0, 0.05) is 12.0 Å². The largest absolute Gasteiger partial charge is 0.497 e. The molecule has 102 valence electrons. The lowest BCUT2D eigenvalue weighted by atomic mass is 9.96. The van der Waals surface area contributed by atoms with E-state index >= 15 is 0 Å². The first kappa shape index (κ1) is 13.6. The molecule has 0 aliphatic heterocycles. The van der Waals surface area contributed by atoms with Crippen LogP contribution in [0.5, 0.6) is 5.75 Å². The van der Waals surface area contributed by atoms with Crippen LogP contribution >= 0.6 is 0 Å². The number of Topliss-reactive ketones (excluding diaryl/α,β-unsaturated/α-hetero) is 1. The molecule has 0 radical (unpaired) electrons. The third-order valence-corrected chi connectivity index (χ3v) is 3.42. The van der Waals surface area contributed by atoms with E-state index in [1.807, 2.05) is 6.07 Å². The fourth-order valence-corrected chi connectivity index (χ4v) is 2.41. The van der Waals surface area contributed by atoms with Gasteiger partial charge in [0.25, 0.3) is 0 Å². The molecule has 0 saturated carbocycles. The molecule has 0 bridgehead atoms. The molecule has 2 rings (SSSR count). The first-order valence-corrected chi connectivity index (χ1v) is 6.52. The molecule has 0 fully saturated rings. The Morgan fingerprint density at radius 1 is 1.42 bits per heavy atom. The summed E-state index contributed by atoms with van der Waals surface area (Å²) in [5, 5.41) is 0. The van der Waals surface area contributed by atoms with Crippen LogP contribution in [0.2, 0.25) is 0 Å². The summed E-state index contributed by atoms with van der Waals surface area (Å²) in [5.74, 6) is 0.337. The van der Waals surface area contributed by atoms with Gasteiger partial charge in [-0.05, 0) is 43.5 Å². The van der Waals surface area contributed by atoms with Crippen LogP contribution in [-0.2, 0) is 16.0 Å². The molecule has 19 heavy (non-hydrogen) atoms. The summed E-state index contributed by atoms with van der Waals surface area (Å²) in [6.45, 7) is 2.16. The van der Waals surface area contributed by atoms with Crippen molar-refractivity contribution in [3.05, 3.63) is 29.3 Å². The fraction of sp³-hybridized carbons (Fsp3) is 0.467. The van der Waals surface area contributed by atoms with Gasteiger partial charge in [0.1, 0.15) is 5.75 Å². The number of fused-ring (bicyclic) bond motifs is 1. The van der Waals surface area contributed by atoms with E-state index in [-0.39, 0.29) is 17.7 Å². The lowest BCUT2D eigenvalue weighted by Crippen LogP contribution is -2.19. The Kier molecular flexibility index (Phi) is 4.20. The maximum atomic E-state index is 12.0. The standard InChI is InChI=1S/C15H18O4/c1-3-19-15(17)10-4-7-14(16)13-6-5-12(18-2)9-11(13)8-10/h5-6,9-10H,3-4,7-8H2,1-2H3. The van der Waals surface area contributed by atoms with E-state index < -0.39 is 0 Å². The second-order valence-electron chi connectivity index (χ2n) is 4.64. The van der Waals surface area contributed by atoms with Gasteiger partial charge in [-0.1, -0.05) is 0 Å². The second-order valence-corrected chi connectivity index (χ2v) is 4.64. The predicted octanol–water partition coefficient (Wildman–Crippen LogP) is 2.39. The van der Waals surface area contributed by atoms with Gasteiger partial charge in [0.05, 0.1) is 19.6 Å². The van der Waals surface area contributed by atoms with Crippen LogP contribution in [0.25, 0.3) is 0 Å². The van der Waals surface area contributed by atoms with Crippen molar-refractivity contribution >= 4 is 11.8 Å². The highest BCUT2D eigenvalue weighted by Gasteiger charge is 2.27. The molecule has 0 saturated heterocycles. The predicted molar refractivity (Wildman–Crippen MR) is 70.4 cm³/mol. The van der Waals surface area contributed by atoms with Crippen LogP contribution in [0, 0.1) is 5.92 Å². The number of esters is 1. The van der Waals surface area contributed by atoms with Crippen molar-refractivity contribution in [3.8, 4) is 5.75 Å². The number of methoxy groups -OCH3 is 1. The van der Waals surface area contributed by atoms with Crippen LogP contribution in [0.15, 0.2) is 18.2 Å². The summed E-state index contributed by atoms with van der Waals surface area (Å²) < 4.78 is 10.2. The molecule has 1 atom stereocenters. The van der Waals surface area contributed by atoms with Crippen molar-refractivity contribution in [2.75, 3.05) is 13.7 Å². The van der Waals surface area contributed by atoms with Crippen molar-refractivity contribution in [1.82, 2.24) is 0 Å². The van der Waals surface area contributed by atoms with Gasteiger partial charge in [0.2, 0.25) is 0 Å². The molecule has 0 N–H and O–H groups in total. The summed E-state index contributed by atoms with van der Waals surface area (Å²) in [5.41, 5.74) is 1.58.